The number of carbonyl (C=O) groups is 1. The highest BCUT2D eigenvalue weighted by Gasteiger charge is 2.28. The van der Waals surface area contributed by atoms with E-state index in [1.54, 1.807) is 12.1 Å². The molecule has 1 N–H and O–H groups in total. The Labute approximate surface area is 115 Å². The van der Waals surface area contributed by atoms with E-state index in [2.05, 4.69) is 4.98 Å². The minimum absolute atomic E-state index is 0.0933. The maximum Gasteiger partial charge on any atom is 0.356 e. The standard InChI is InChI=1S/C15H15FN2O2/c1-9-4-2-7-12-13(15(19)20)17-14(18(9)12)10-5-3-6-11(16)8-10/h3,5-6,8-9H,2,4,7H2,1H3,(H,19,20). The number of nitrogens with zero attached hydrogens (tertiary/aromatic N) is 2. The van der Waals surface area contributed by atoms with Crippen LogP contribution in [-0.2, 0) is 6.42 Å². The lowest BCUT2D eigenvalue weighted by Crippen LogP contribution is -2.17. The Morgan fingerprint density at radius 2 is 2.30 bits per heavy atom. The fourth-order valence-electron chi connectivity index (χ4n) is 2.88. The second kappa shape index (κ2) is 4.74. The third-order valence-electron chi connectivity index (χ3n) is 3.77. The predicted octanol–water partition coefficient (Wildman–Crippen LogP) is 3.28. The van der Waals surface area contributed by atoms with Crippen molar-refractivity contribution < 1.29 is 14.3 Å². The Kier molecular flexibility index (Phi) is 3.04. The molecule has 104 valence electrons. The molecule has 2 heterocycles. The van der Waals surface area contributed by atoms with E-state index in [4.69, 9.17) is 0 Å². The fraction of sp³-hybridized carbons (Fsp3) is 0.333. The van der Waals surface area contributed by atoms with Crippen LogP contribution < -0.4 is 0 Å². The van der Waals surface area contributed by atoms with Crippen molar-refractivity contribution >= 4 is 5.97 Å². The predicted molar refractivity (Wildman–Crippen MR) is 72.2 cm³/mol. The van der Waals surface area contributed by atoms with Crippen LogP contribution in [0.2, 0.25) is 0 Å². The average Bonchev–Trinajstić information content (AvgIpc) is 2.80. The van der Waals surface area contributed by atoms with Crippen molar-refractivity contribution in [1.29, 1.82) is 0 Å². The highest BCUT2D eigenvalue weighted by molar-refractivity contribution is 5.88. The van der Waals surface area contributed by atoms with Crippen LogP contribution >= 0.6 is 0 Å². The summed E-state index contributed by atoms with van der Waals surface area (Å²) in [5, 5.41) is 9.29. The fourth-order valence-corrected chi connectivity index (χ4v) is 2.88. The summed E-state index contributed by atoms with van der Waals surface area (Å²) in [6.45, 7) is 2.04. The number of fused-ring (bicyclic) bond motifs is 1. The maximum absolute atomic E-state index is 13.4. The Morgan fingerprint density at radius 1 is 1.50 bits per heavy atom. The molecule has 0 fully saturated rings. The summed E-state index contributed by atoms with van der Waals surface area (Å²) in [6.07, 6.45) is 2.63. The van der Waals surface area contributed by atoms with Crippen molar-refractivity contribution in [3.05, 3.63) is 41.5 Å². The van der Waals surface area contributed by atoms with Gasteiger partial charge in [-0.25, -0.2) is 14.2 Å². The number of carboxylic acids is 1. The lowest BCUT2D eigenvalue weighted by atomic mass is 10.0. The Balaban J connectivity index is 2.23. The molecule has 0 spiro atoms. The van der Waals surface area contributed by atoms with Crippen LogP contribution in [-0.4, -0.2) is 20.6 Å². The van der Waals surface area contributed by atoms with Gasteiger partial charge in [0.1, 0.15) is 11.6 Å². The van der Waals surface area contributed by atoms with Gasteiger partial charge in [0.05, 0.1) is 5.69 Å². The molecule has 3 rings (SSSR count). The van der Waals surface area contributed by atoms with Crippen LogP contribution in [0.1, 0.15) is 42.0 Å². The van der Waals surface area contributed by atoms with Gasteiger partial charge in [0.2, 0.25) is 0 Å². The van der Waals surface area contributed by atoms with Crippen LogP contribution in [0.5, 0.6) is 0 Å². The van der Waals surface area contributed by atoms with Crippen LogP contribution in [0.3, 0.4) is 0 Å². The van der Waals surface area contributed by atoms with E-state index in [0.29, 0.717) is 17.8 Å². The first-order valence-electron chi connectivity index (χ1n) is 6.68. The number of aromatic carboxylic acids is 1. The quantitative estimate of drug-likeness (QED) is 0.914. The molecule has 2 aromatic rings. The SMILES string of the molecule is CC1CCCc2c(C(=O)O)nc(-c3cccc(F)c3)n21. The number of carboxylic acid groups (broad SMARTS) is 1. The molecule has 0 saturated heterocycles. The van der Waals surface area contributed by atoms with E-state index in [9.17, 15) is 14.3 Å². The van der Waals surface area contributed by atoms with Crippen molar-refractivity contribution in [2.45, 2.75) is 32.2 Å². The molecule has 1 aromatic heterocycles. The molecule has 0 amide bonds. The van der Waals surface area contributed by atoms with Gasteiger partial charge in [-0.15, -0.1) is 0 Å². The van der Waals surface area contributed by atoms with Gasteiger partial charge in [-0.2, -0.15) is 0 Å². The second-order valence-corrected chi connectivity index (χ2v) is 5.16. The molecule has 0 bridgehead atoms. The summed E-state index contributed by atoms with van der Waals surface area (Å²) in [7, 11) is 0. The zero-order valence-electron chi connectivity index (χ0n) is 11.1. The molecule has 1 atom stereocenters. The second-order valence-electron chi connectivity index (χ2n) is 5.16. The lowest BCUT2D eigenvalue weighted by Gasteiger charge is -2.24. The van der Waals surface area contributed by atoms with E-state index in [1.807, 2.05) is 11.5 Å². The van der Waals surface area contributed by atoms with E-state index in [1.165, 1.54) is 12.1 Å². The Bertz CT molecular complexity index is 679. The number of aromatic nitrogens is 2. The van der Waals surface area contributed by atoms with E-state index >= 15 is 0 Å². The van der Waals surface area contributed by atoms with Crippen molar-refractivity contribution in [1.82, 2.24) is 9.55 Å². The first-order chi connectivity index (χ1) is 9.58. The van der Waals surface area contributed by atoms with Gasteiger partial charge >= 0.3 is 5.97 Å². The number of rotatable bonds is 2. The number of benzene rings is 1. The highest BCUT2D eigenvalue weighted by atomic mass is 19.1. The van der Waals surface area contributed by atoms with Crippen molar-refractivity contribution in [2.24, 2.45) is 0 Å². The minimum atomic E-state index is -1.02. The smallest absolute Gasteiger partial charge is 0.356 e. The Hall–Kier alpha value is -2.17. The molecule has 0 saturated carbocycles. The van der Waals surface area contributed by atoms with Crippen molar-refractivity contribution in [3.8, 4) is 11.4 Å². The molecule has 5 heteroatoms. The zero-order valence-corrected chi connectivity index (χ0v) is 11.1. The summed E-state index contributed by atoms with van der Waals surface area (Å²) in [6, 6.07) is 6.30. The molecule has 0 radical (unpaired) electrons. The van der Waals surface area contributed by atoms with Gasteiger partial charge in [0, 0.05) is 11.6 Å². The molecule has 0 aliphatic carbocycles. The molecule has 1 aliphatic rings. The van der Waals surface area contributed by atoms with Crippen LogP contribution in [0.4, 0.5) is 4.39 Å². The third kappa shape index (κ3) is 1.99. The van der Waals surface area contributed by atoms with E-state index < -0.39 is 5.97 Å². The number of imidazole rings is 1. The summed E-state index contributed by atoms with van der Waals surface area (Å²) >= 11 is 0. The Morgan fingerprint density at radius 3 is 3.00 bits per heavy atom. The number of halogens is 1. The number of hydrogen-bond donors (Lipinski definition) is 1. The van der Waals surface area contributed by atoms with Gasteiger partial charge in [0.25, 0.3) is 0 Å². The van der Waals surface area contributed by atoms with Crippen LogP contribution in [0.25, 0.3) is 11.4 Å². The lowest BCUT2D eigenvalue weighted by molar-refractivity contribution is 0.0689. The van der Waals surface area contributed by atoms with E-state index in [-0.39, 0.29) is 17.6 Å². The normalized spacial score (nSPS) is 17.8. The molecular formula is C15H15FN2O2. The first-order valence-corrected chi connectivity index (χ1v) is 6.68. The highest BCUT2D eigenvalue weighted by Crippen LogP contribution is 2.33. The van der Waals surface area contributed by atoms with Gasteiger partial charge in [-0.05, 0) is 38.3 Å². The van der Waals surface area contributed by atoms with Crippen LogP contribution in [0, 0.1) is 5.82 Å². The zero-order chi connectivity index (χ0) is 14.3. The van der Waals surface area contributed by atoms with E-state index in [0.717, 1.165) is 18.5 Å². The average molecular weight is 274 g/mol. The molecule has 1 aromatic carbocycles. The summed E-state index contributed by atoms with van der Waals surface area (Å²) < 4.78 is 15.3. The molecule has 4 nitrogen and oxygen atoms in total. The molecule has 1 unspecified atom stereocenters. The monoisotopic (exact) mass is 274 g/mol. The summed E-state index contributed by atoms with van der Waals surface area (Å²) in [5.41, 5.74) is 1.46. The van der Waals surface area contributed by atoms with Crippen molar-refractivity contribution in [2.75, 3.05) is 0 Å². The summed E-state index contributed by atoms with van der Waals surface area (Å²) in [4.78, 5) is 15.6. The number of hydrogen-bond acceptors (Lipinski definition) is 2. The minimum Gasteiger partial charge on any atom is -0.476 e. The van der Waals surface area contributed by atoms with Crippen LogP contribution in [0.15, 0.2) is 24.3 Å². The largest absolute Gasteiger partial charge is 0.476 e. The van der Waals surface area contributed by atoms with Gasteiger partial charge in [-0.3, -0.25) is 0 Å². The first kappa shape index (κ1) is 12.8. The molecular weight excluding hydrogens is 259 g/mol. The van der Waals surface area contributed by atoms with Gasteiger partial charge in [0.15, 0.2) is 5.69 Å². The van der Waals surface area contributed by atoms with Gasteiger partial charge < -0.3 is 9.67 Å². The molecule has 20 heavy (non-hydrogen) atoms. The maximum atomic E-state index is 13.4. The third-order valence-corrected chi connectivity index (χ3v) is 3.77. The summed E-state index contributed by atoms with van der Waals surface area (Å²) in [5.74, 6) is -0.824. The van der Waals surface area contributed by atoms with Crippen molar-refractivity contribution in [3.63, 3.8) is 0 Å². The van der Waals surface area contributed by atoms with Gasteiger partial charge in [-0.1, -0.05) is 12.1 Å². The topological polar surface area (TPSA) is 55.1 Å². The molecule has 1 aliphatic heterocycles.